The van der Waals surface area contributed by atoms with E-state index >= 15 is 0 Å². The number of hydroxylamine groups is 4. The fourth-order valence-electron chi connectivity index (χ4n) is 8.89. The van der Waals surface area contributed by atoms with Gasteiger partial charge in [0, 0.05) is 35.4 Å². The van der Waals surface area contributed by atoms with Crippen LogP contribution in [0.25, 0.3) is 0 Å². The molecule has 4 rings (SSSR count). The predicted molar refractivity (Wildman–Crippen MR) is 216 cm³/mol. The molecule has 2 fully saturated rings. The molecule has 0 aromatic heterocycles. The van der Waals surface area contributed by atoms with Crippen LogP contribution in [-0.4, -0.2) is 57.7 Å². The second kappa shape index (κ2) is 18.7. The van der Waals surface area contributed by atoms with Gasteiger partial charge in [-0.25, -0.2) is 0 Å². The highest BCUT2D eigenvalue weighted by atomic mass is 16.7. The van der Waals surface area contributed by atoms with Crippen LogP contribution in [0.3, 0.4) is 0 Å². The van der Waals surface area contributed by atoms with Crippen LogP contribution in [0.1, 0.15) is 171 Å². The van der Waals surface area contributed by atoms with E-state index in [0.717, 1.165) is 51.7 Å². The van der Waals surface area contributed by atoms with Gasteiger partial charge in [-0.05, 0) is 117 Å². The number of hydrogen-bond acceptors (Lipinski definition) is 6. The van der Waals surface area contributed by atoms with Gasteiger partial charge in [0.1, 0.15) is 12.2 Å². The molecule has 52 heavy (non-hydrogen) atoms. The van der Waals surface area contributed by atoms with Crippen molar-refractivity contribution < 1.29 is 19.1 Å². The number of rotatable bonds is 19. The molecule has 2 aromatic carbocycles. The molecule has 2 saturated heterocycles. The zero-order valence-corrected chi connectivity index (χ0v) is 35.3. The van der Waals surface area contributed by atoms with Gasteiger partial charge in [-0.3, -0.25) is 9.68 Å². The average Bonchev–Trinajstić information content (AvgIpc) is 3.09. The molecule has 6 unspecified atom stereocenters. The monoisotopic (exact) mass is 721 g/mol. The number of piperidine rings is 2. The van der Waals surface area contributed by atoms with E-state index in [0.29, 0.717) is 11.8 Å². The summed E-state index contributed by atoms with van der Waals surface area (Å²) in [5.74, 6) is 0.874. The summed E-state index contributed by atoms with van der Waals surface area (Å²) in [6.45, 7) is 29.3. The molecule has 2 aromatic rings. The normalized spacial score (nSPS) is 28.0. The zero-order chi connectivity index (χ0) is 38.2. The lowest BCUT2D eigenvalue weighted by Gasteiger charge is -2.57. The highest BCUT2D eigenvalue weighted by molar-refractivity contribution is 5.18. The van der Waals surface area contributed by atoms with Crippen molar-refractivity contribution in [1.29, 1.82) is 0 Å². The lowest BCUT2D eigenvalue weighted by atomic mass is 9.73. The van der Waals surface area contributed by atoms with Gasteiger partial charge in [-0.15, -0.1) is 0 Å². The second-order valence-corrected chi connectivity index (χ2v) is 18.5. The highest BCUT2D eigenvalue weighted by Gasteiger charge is 2.52. The third kappa shape index (κ3) is 10.9. The van der Waals surface area contributed by atoms with Crippen LogP contribution in [0.2, 0.25) is 0 Å². The summed E-state index contributed by atoms with van der Waals surface area (Å²) in [6.07, 6.45) is 11.7. The minimum atomic E-state index is -0.123. The van der Waals surface area contributed by atoms with Crippen LogP contribution in [0, 0.1) is 11.8 Å². The van der Waals surface area contributed by atoms with Crippen LogP contribution < -0.4 is 0 Å². The third-order valence-corrected chi connectivity index (χ3v) is 12.6. The van der Waals surface area contributed by atoms with Crippen molar-refractivity contribution in [1.82, 2.24) is 10.1 Å². The molecule has 0 N–H and O–H groups in total. The summed E-state index contributed by atoms with van der Waals surface area (Å²) >= 11 is 0. The highest BCUT2D eigenvalue weighted by Crippen LogP contribution is 2.47. The molecule has 2 aliphatic heterocycles. The van der Waals surface area contributed by atoms with Gasteiger partial charge < -0.3 is 9.47 Å². The smallest absolute Gasteiger partial charge is 0.102 e. The maximum atomic E-state index is 6.77. The number of nitrogens with zero attached hydrogens (tertiary/aromatic N) is 2. The molecule has 294 valence electrons. The van der Waals surface area contributed by atoms with Crippen LogP contribution in [0.15, 0.2) is 60.7 Å². The molecule has 2 heterocycles. The Bertz CT molecular complexity index is 1210. The maximum absolute atomic E-state index is 6.77. The molecule has 2 aliphatic rings. The Balaban J connectivity index is 1.14. The van der Waals surface area contributed by atoms with Gasteiger partial charge in [-0.2, -0.15) is 10.1 Å². The van der Waals surface area contributed by atoms with Gasteiger partial charge in [-0.1, -0.05) is 114 Å². The first-order chi connectivity index (χ1) is 24.5. The molecule has 6 heteroatoms. The molecular weight excluding hydrogens is 645 g/mol. The van der Waals surface area contributed by atoms with E-state index in [1.165, 1.54) is 36.8 Å². The number of benzene rings is 2. The molecule has 0 amide bonds. The zero-order valence-electron chi connectivity index (χ0n) is 35.3. The van der Waals surface area contributed by atoms with E-state index in [4.69, 9.17) is 19.1 Å². The molecule has 6 nitrogen and oxygen atoms in total. The van der Waals surface area contributed by atoms with Crippen molar-refractivity contribution in [2.75, 3.05) is 13.2 Å². The Morgan fingerprint density at radius 3 is 1.15 bits per heavy atom. The summed E-state index contributed by atoms with van der Waals surface area (Å²) in [5, 5.41) is 4.64. The standard InChI is InChI=1S/C46H76N2O4/c1-35(2)45(11)33-41(31-43(7,8)47(45)51-37(5)39-25-19-17-20-26-39)49-29-23-15-13-14-16-24-30-50-42-32-44(9,10)48(46(12,34-42)36(3)4)52-38(6)40-27-21-18-22-28-40/h17-22,25-28,35-38,41-42H,13-16,23-24,29-34H2,1-12H3. The first-order valence-electron chi connectivity index (χ1n) is 20.8. The quantitative estimate of drug-likeness (QED) is 0.135. The van der Waals surface area contributed by atoms with E-state index in [9.17, 15) is 0 Å². The molecule has 0 spiro atoms. The van der Waals surface area contributed by atoms with Crippen LogP contribution >= 0.6 is 0 Å². The summed E-state index contributed by atoms with van der Waals surface area (Å²) in [7, 11) is 0. The SMILES string of the molecule is CC(ON1C(C)(C)CC(OCCCCCCCCOC2CC(C)(C)N(OC(C)c3ccccc3)C(C)(C(C)C)C2)CC1(C)C(C)C)c1ccccc1. The molecular formula is C46H76N2O4. The molecule has 0 aliphatic carbocycles. The number of unbranched alkanes of at least 4 members (excludes halogenated alkanes) is 5. The Labute approximate surface area is 319 Å². The third-order valence-electron chi connectivity index (χ3n) is 12.6. The van der Waals surface area contributed by atoms with Gasteiger partial charge >= 0.3 is 0 Å². The number of hydrogen-bond donors (Lipinski definition) is 0. The lowest BCUT2D eigenvalue weighted by molar-refractivity contribution is -0.328. The van der Waals surface area contributed by atoms with Gasteiger partial charge in [0.15, 0.2) is 0 Å². The Hall–Kier alpha value is -1.80. The van der Waals surface area contributed by atoms with Crippen molar-refractivity contribution in [3.05, 3.63) is 71.8 Å². The lowest BCUT2D eigenvalue weighted by Crippen LogP contribution is -2.65. The van der Waals surface area contributed by atoms with E-state index in [1.54, 1.807) is 0 Å². The van der Waals surface area contributed by atoms with E-state index in [1.807, 2.05) is 0 Å². The van der Waals surface area contributed by atoms with Gasteiger partial charge in [0.25, 0.3) is 0 Å². The number of ether oxygens (including phenoxy) is 2. The van der Waals surface area contributed by atoms with E-state index in [2.05, 4.69) is 154 Å². The molecule has 0 saturated carbocycles. The van der Waals surface area contributed by atoms with Crippen LogP contribution in [-0.2, 0) is 19.1 Å². The van der Waals surface area contributed by atoms with Crippen molar-refractivity contribution in [3.8, 4) is 0 Å². The van der Waals surface area contributed by atoms with Crippen LogP contribution in [0.4, 0.5) is 0 Å². The fraction of sp³-hybridized carbons (Fsp3) is 0.739. The van der Waals surface area contributed by atoms with Crippen LogP contribution in [0.5, 0.6) is 0 Å². The summed E-state index contributed by atoms with van der Waals surface area (Å²) in [6, 6.07) is 21.1. The maximum Gasteiger partial charge on any atom is 0.102 e. The largest absolute Gasteiger partial charge is 0.378 e. The van der Waals surface area contributed by atoms with Gasteiger partial charge in [0.2, 0.25) is 0 Å². The van der Waals surface area contributed by atoms with E-state index < -0.39 is 0 Å². The van der Waals surface area contributed by atoms with E-state index in [-0.39, 0.29) is 46.6 Å². The van der Waals surface area contributed by atoms with Crippen molar-refractivity contribution in [3.63, 3.8) is 0 Å². The summed E-state index contributed by atoms with van der Waals surface area (Å²) in [5.41, 5.74) is 1.97. The predicted octanol–water partition coefficient (Wildman–Crippen LogP) is 12.1. The molecule has 0 radical (unpaired) electrons. The topological polar surface area (TPSA) is 43.4 Å². The fourth-order valence-corrected chi connectivity index (χ4v) is 8.89. The first kappa shape index (κ1) is 42.9. The average molecular weight is 721 g/mol. The first-order valence-corrected chi connectivity index (χ1v) is 20.8. The van der Waals surface area contributed by atoms with Gasteiger partial charge in [0.05, 0.1) is 12.2 Å². The second-order valence-electron chi connectivity index (χ2n) is 18.5. The minimum absolute atomic E-state index is 0.00287. The molecule has 6 atom stereocenters. The summed E-state index contributed by atoms with van der Waals surface area (Å²) < 4.78 is 13.2. The molecule has 0 bridgehead atoms. The Kier molecular flexibility index (Phi) is 15.4. The van der Waals surface area contributed by atoms with Crippen molar-refractivity contribution in [2.45, 2.75) is 194 Å². The summed E-state index contributed by atoms with van der Waals surface area (Å²) in [4.78, 5) is 13.5. The van der Waals surface area contributed by atoms with Crippen molar-refractivity contribution in [2.24, 2.45) is 11.8 Å². The minimum Gasteiger partial charge on any atom is -0.378 e. The Morgan fingerprint density at radius 1 is 0.500 bits per heavy atom. The van der Waals surface area contributed by atoms with Crippen molar-refractivity contribution >= 4 is 0 Å². The Morgan fingerprint density at radius 2 is 0.827 bits per heavy atom.